The van der Waals surface area contributed by atoms with E-state index >= 15 is 0 Å². The summed E-state index contributed by atoms with van der Waals surface area (Å²) in [5.41, 5.74) is 6.31. The van der Waals surface area contributed by atoms with Crippen molar-refractivity contribution in [3.05, 3.63) is 11.9 Å². The first kappa shape index (κ1) is 13.0. The van der Waals surface area contributed by atoms with E-state index in [-0.39, 0.29) is 17.5 Å². The van der Waals surface area contributed by atoms with Gasteiger partial charge in [-0.3, -0.25) is 9.48 Å². The summed E-state index contributed by atoms with van der Waals surface area (Å²) in [7, 11) is 1.71. The van der Waals surface area contributed by atoms with Crippen molar-refractivity contribution >= 4 is 11.6 Å². The second-order valence-electron chi connectivity index (χ2n) is 3.98. The maximum absolute atomic E-state index is 12.1. The lowest BCUT2D eigenvalue weighted by atomic mass is 10.2. The van der Waals surface area contributed by atoms with Crippen LogP contribution in [-0.2, 0) is 7.05 Å². The van der Waals surface area contributed by atoms with E-state index in [1.807, 2.05) is 6.92 Å². The van der Waals surface area contributed by atoms with Crippen LogP contribution in [0.15, 0.2) is 6.20 Å². The fourth-order valence-corrected chi connectivity index (χ4v) is 1.55. The first-order valence-electron chi connectivity index (χ1n) is 5.47. The summed E-state index contributed by atoms with van der Waals surface area (Å²) < 4.78 is 1.50. The highest BCUT2D eigenvalue weighted by Gasteiger charge is 2.21. The molecule has 0 radical (unpaired) electrons. The van der Waals surface area contributed by atoms with Crippen LogP contribution in [0.4, 0.5) is 5.69 Å². The monoisotopic (exact) mass is 235 g/mol. The minimum absolute atomic E-state index is 0.205. The van der Waals surface area contributed by atoms with Crippen LogP contribution in [-0.4, -0.2) is 33.7 Å². The van der Waals surface area contributed by atoms with E-state index < -0.39 is 0 Å². The average molecular weight is 235 g/mol. The van der Waals surface area contributed by atoms with E-state index in [0.29, 0.717) is 18.8 Å². The van der Waals surface area contributed by atoms with E-state index in [0.717, 1.165) is 0 Å². The molecule has 6 nitrogen and oxygen atoms in total. The molecule has 92 valence electrons. The van der Waals surface area contributed by atoms with E-state index in [1.54, 1.807) is 25.1 Å². The van der Waals surface area contributed by atoms with Crippen molar-refractivity contribution in [2.24, 2.45) is 13.0 Å². The zero-order valence-corrected chi connectivity index (χ0v) is 10.3. The Hall–Kier alpha value is -2.03. The van der Waals surface area contributed by atoms with Crippen LogP contribution in [0.3, 0.4) is 0 Å². The Labute approximate surface area is 101 Å². The first-order chi connectivity index (χ1) is 7.99. The highest BCUT2D eigenvalue weighted by Crippen LogP contribution is 2.12. The predicted octanol–water partition coefficient (Wildman–Crippen LogP) is 0.624. The van der Waals surface area contributed by atoms with Crippen LogP contribution < -0.4 is 5.73 Å². The summed E-state index contributed by atoms with van der Waals surface area (Å²) in [6.07, 6.45) is 1.59. The minimum atomic E-state index is -0.229. The Balaban J connectivity index is 2.87. The second kappa shape index (κ2) is 5.34. The number of rotatable bonds is 4. The molecule has 1 rings (SSSR count). The summed E-state index contributed by atoms with van der Waals surface area (Å²) in [4.78, 5) is 13.7. The smallest absolute Gasteiger partial charge is 0.276 e. The standard InChI is InChI=1S/C11H17N5O/c1-4-16(6-8(2)5-12)11(17)10-9(13)7-15(3)14-10/h7-8H,4,6,13H2,1-3H3. The number of hydrogen-bond donors (Lipinski definition) is 1. The molecule has 1 aromatic heterocycles. The Morgan fingerprint density at radius 1 is 1.76 bits per heavy atom. The molecule has 1 amide bonds. The lowest BCUT2D eigenvalue weighted by Crippen LogP contribution is -2.35. The summed E-state index contributed by atoms with van der Waals surface area (Å²) in [5.74, 6) is -0.434. The van der Waals surface area contributed by atoms with Crippen molar-refractivity contribution in [3.8, 4) is 6.07 Å². The molecule has 1 aromatic rings. The van der Waals surface area contributed by atoms with E-state index in [4.69, 9.17) is 11.0 Å². The molecule has 1 atom stereocenters. The van der Waals surface area contributed by atoms with Crippen molar-refractivity contribution in [1.82, 2.24) is 14.7 Å². The van der Waals surface area contributed by atoms with Crippen LogP contribution >= 0.6 is 0 Å². The van der Waals surface area contributed by atoms with E-state index in [9.17, 15) is 4.79 Å². The van der Waals surface area contributed by atoms with Gasteiger partial charge >= 0.3 is 0 Å². The van der Waals surface area contributed by atoms with Crippen LogP contribution in [0, 0.1) is 17.2 Å². The number of aromatic nitrogens is 2. The van der Waals surface area contributed by atoms with Gasteiger partial charge in [-0.1, -0.05) is 0 Å². The number of nitrogens with zero attached hydrogens (tertiary/aromatic N) is 4. The molecule has 2 N–H and O–H groups in total. The van der Waals surface area contributed by atoms with Gasteiger partial charge in [-0.15, -0.1) is 0 Å². The topological polar surface area (TPSA) is 87.9 Å². The fraction of sp³-hybridized carbons (Fsp3) is 0.545. The second-order valence-corrected chi connectivity index (χ2v) is 3.98. The van der Waals surface area contributed by atoms with Gasteiger partial charge in [0.25, 0.3) is 5.91 Å². The van der Waals surface area contributed by atoms with Gasteiger partial charge in [-0.25, -0.2) is 0 Å². The minimum Gasteiger partial charge on any atom is -0.396 e. The molecule has 0 aliphatic rings. The fourth-order valence-electron chi connectivity index (χ4n) is 1.55. The summed E-state index contributed by atoms with van der Waals surface area (Å²) in [6.45, 7) is 4.56. The van der Waals surface area contributed by atoms with Gasteiger partial charge < -0.3 is 10.6 Å². The molecule has 0 saturated heterocycles. The molecule has 1 heterocycles. The highest BCUT2D eigenvalue weighted by atomic mass is 16.2. The first-order valence-corrected chi connectivity index (χ1v) is 5.47. The average Bonchev–Trinajstić information content (AvgIpc) is 2.64. The summed E-state index contributed by atoms with van der Waals surface area (Å²) >= 11 is 0. The number of nitrogens with two attached hydrogens (primary N) is 1. The molecule has 0 bridgehead atoms. The van der Waals surface area contributed by atoms with E-state index in [2.05, 4.69) is 11.2 Å². The van der Waals surface area contributed by atoms with Gasteiger partial charge in [0.2, 0.25) is 0 Å². The van der Waals surface area contributed by atoms with Crippen molar-refractivity contribution in [1.29, 1.82) is 5.26 Å². The number of hydrogen-bond acceptors (Lipinski definition) is 4. The Kier molecular flexibility index (Phi) is 4.10. The number of carbonyl (C=O) groups is 1. The van der Waals surface area contributed by atoms with Crippen molar-refractivity contribution < 1.29 is 4.79 Å². The quantitative estimate of drug-likeness (QED) is 0.828. The van der Waals surface area contributed by atoms with Gasteiger partial charge in [-0.05, 0) is 13.8 Å². The molecule has 0 saturated carbocycles. The Morgan fingerprint density at radius 2 is 2.41 bits per heavy atom. The zero-order valence-electron chi connectivity index (χ0n) is 10.3. The van der Waals surface area contributed by atoms with Crippen LogP contribution in [0.5, 0.6) is 0 Å². The SMILES string of the molecule is CCN(CC(C)C#N)C(=O)c1nn(C)cc1N. The van der Waals surface area contributed by atoms with Crippen molar-refractivity contribution in [2.45, 2.75) is 13.8 Å². The van der Waals surface area contributed by atoms with Gasteiger partial charge in [0.05, 0.1) is 17.7 Å². The number of anilines is 1. The van der Waals surface area contributed by atoms with Gasteiger partial charge in [0.15, 0.2) is 5.69 Å². The Bertz CT molecular complexity index is 445. The van der Waals surface area contributed by atoms with Gasteiger partial charge in [0.1, 0.15) is 0 Å². The van der Waals surface area contributed by atoms with E-state index in [1.165, 1.54) is 4.68 Å². The third-order valence-electron chi connectivity index (χ3n) is 2.44. The third kappa shape index (κ3) is 2.97. The Morgan fingerprint density at radius 3 is 2.82 bits per heavy atom. The zero-order chi connectivity index (χ0) is 13.0. The van der Waals surface area contributed by atoms with Gasteiger partial charge in [-0.2, -0.15) is 10.4 Å². The maximum atomic E-state index is 12.1. The summed E-state index contributed by atoms with van der Waals surface area (Å²) in [6, 6.07) is 2.11. The van der Waals surface area contributed by atoms with Crippen LogP contribution in [0.25, 0.3) is 0 Å². The lowest BCUT2D eigenvalue weighted by Gasteiger charge is -2.21. The molecule has 0 spiro atoms. The number of nitriles is 1. The lowest BCUT2D eigenvalue weighted by molar-refractivity contribution is 0.0747. The highest BCUT2D eigenvalue weighted by molar-refractivity contribution is 5.97. The molecule has 0 aliphatic carbocycles. The predicted molar refractivity (Wildman–Crippen MR) is 64.0 cm³/mol. The van der Waals surface area contributed by atoms with Crippen LogP contribution in [0.2, 0.25) is 0 Å². The molecule has 17 heavy (non-hydrogen) atoms. The van der Waals surface area contributed by atoms with Gasteiger partial charge in [0, 0.05) is 26.3 Å². The molecule has 0 aromatic carbocycles. The number of carbonyl (C=O) groups excluding carboxylic acids is 1. The number of amides is 1. The van der Waals surface area contributed by atoms with Crippen LogP contribution in [0.1, 0.15) is 24.3 Å². The largest absolute Gasteiger partial charge is 0.396 e. The molecule has 0 aliphatic heterocycles. The molecular weight excluding hydrogens is 218 g/mol. The normalized spacial score (nSPS) is 11.9. The molecule has 1 unspecified atom stereocenters. The number of aryl methyl sites for hydroxylation is 1. The molecule has 6 heteroatoms. The summed E-state index contributed by atoms with van der Waals surface area (Å²) in [5, 5.41) is 12.8. The molecule has 0 fully saturated rings. The molecular formula is C11H17N5O. The number of nitrogen functional groups attached to an aromatic ring is 1. The third-order valence-corrected chi connectivity index (χ3v) is 2.44. The van der Waals surface area contributed by atoms with Crippen molar-refractivity contribution in [2.75, 3.05) is 18.8 Å². The van der Waals surface area contributed by atoms with Crippen molar-refractivity contribution in [3.63, 3.8) is 0 Å². The maximum Gasteiger partial charge on any atom is 0.276 e.